The molecule has 1 amide bonds. The number of sulfonamides is 1. The van der Waals surface area contributed by atoms with Gasteiger partial charge in [-0.25, -0.2) is 12.7 Å². The lowest BCUT2D eigenvalue weighted by Gasteiger charge is -2.30. The Balaban J connectivity index is 3.39. The molecular weight excluding hydrogens is 202 g/mol. The van der Waals surface area contributed by atoms with Crippen LogP contribution in [0.2, 0.25) is 0 Å². The highest BCUT2D eigenvalue weighted by Gasteiger charge is 2.45. The summed E-state index contributed by atoms with van der Waals surface area (Å²) >= 11 is 0. The maximum atomic E-state index is 11.8. The summed E-state index contributed by atoms with van der Waals surface area (Å²) in [6.45, 7) is 8.12. The molecule has 1 rings (SSSR count). The van der Waals surface area contributed by atoms with E-state index in [1.807, 2.05) is 0 Å². The number of amides is 1. The first-order chi connectivity index (χ1) is 6.10. The Kier molecular flexibility index (Phi) is 2.27. The minimum atomic E-state index is -3.56. The molecule has 5 heteroatoms. The Morgan fingerprint density at radius 3 is 1.71 bits per heavy atom. The van der Waals surface area contributed by atoms with Gasteiger partial charge in [-0.1, -0.05) is 0 Å². The SMILES string of the molecule is CC1=C(C)S(=O)(=O)N(C(C)(C)C)C1=O. The number of nitrogens with zero attached hydrogens (tertiary/aromatic N) is 1. The minimum Gasteiger partial charge on any atom is -0.268 e. The lowest BCUT2D eigenvalue weighted by molar-refractivity contribution is -0.124. The van der Waals surface area contributed by atoms with Crippen LogP contribution in [0.3, 0.4) is 0 Å². The van der Waals surface area contributed by atoms with E-state index < -0.39 is 21.5 Å². The molecule has 4 nitrogen and oxygen atoms in total. The Morgan fingerprint density at radius 1 is 1.14 bits per heavy atom. The van der Waals surface area contributed by atoms with Gasteiger partial charge in [0.2, 0.25) is 0 Å². The van der Waals surface area contributed by atoms with E-state index >= 15 is 0 Å². The Morgan fingerprint density at radius 2 is 1.57 bits per heavy atom. The molecule has 0 aromatic heterocycles. The van der Waals surface area contributed by atoms with Gasteiger partial charge in [-0.15, -0.1) is 0 Å². The summed E-state index contributed by atoms with van der Waals surface area (Å²) in [7, 11) is -3.56. The molecule has 0 fully saturated rings. The summed E-state index contributed by atoms with van der Waals surface area (Å²) in [4.78, 5) is 11.8. The average Bonchev–Trinajstić information content (AvgIpc) is 2.10. The van der Waals surface area contributed by atoms with E-state index in [9.17, 15) is 13.2 Å². The Labute approximate surface area is 84.6 Å². The predicted octanol–water partition coefficient (Wildman–Crippen LogP) is 1.25. The Hall–Kier alpha value is -0.840. The van der Waals surface area contributed by atoms with Crippen LogP contribution in [0.5, 0.6) is 0 Å². The summed E-state index contributed by atoms with van der Waals surface area (Å²) in [6, 6.07) is 0. The third-order valence-electron chi connectivity index (χ3n) is 2.27. The smallest absolute Gasteiger partial charge is 0.264 e. The van der Waals surface area contributed by atoms with Crippen LogP contribution in [0.4, 0.5) is 0 Å². The van der Waals surface area contributed by atoms with Crippen molar-refractivity contribution in [2.45, 2.75) is 40.2 Å². The van der Waals surface area contributed by atoms with Crippen molar-refractivity contribution in [3.63, 3.8) is 0 Å². The van der Waals surface area contributed by atoms with Crippen LogP contribution < -0.4 is 0 Å². The van der Waals surface area contributed by atoms with E-state index in [1.165, 1.54) is 6.92 Å². The first-order valence-electron chi connectivity index (χ1n) is 4.37. The Bertz CT molecular complexity index is 412. The van der Waals surface area contributed by atoms with E-state index in [1.54, 1.807) is 27.7 Å². The lowest BCUT2D eigenvalue weighted by atomic mass is 10.1. The summed E-state index contributed by atoms with van der Waals surface area (Å²) < 4.78 is 24.6. The normalized spacial score (nSPS) is 22.1. The summed E-state index contributed by atoms with van der Waals surface area (Å²) in [5, 5.41) is 0. The molecule has 1 heterocycles. The van der Waals surface area contributed by atoms with Gasteiger partial charge in [0.1, 0.15) is 0 Å². The van der Waals surface area contributed by atoms with Crippen molar-refractivity contribution in [3.8, 4) is 0 Å². The van der Waals surface area contributed by atoms with E-state index in [4.69, 9.17) is 0 Å². The van der Waals surface area contributed by atoms with Gasteiger partial charge in [0.25, 0.3) is 15.9 Å². The average molecular weight is 217 g/mol. The quantitative estimate of drug-likeness (QED) is 0.613. The van der Waals surface area contributed by atoms with Gasteiger partial charge in [0.05, 0.1) is 10.4 Å². The van der Waals surface area contributed by atoms with E-state index in [2.05, 4.69) is 0 Å². The number of rotatable bonds is 0. The molecule has 0 spiro atoms. The molecule has 0 saturated heterocycles. The van der Waals surface area contributed by atoms with Crippen molar-refractivity contribution in [1.82, 2.24) is 4.31 Å². The van der Waals surface area contributed by atoms with Crippen molar-refractivity contribution in [2.75, 3.05) is 0 Å². The fourth-order valence-corrected chi connectivity index (χ4v) is 3.23. The number of carbonyl (C=O) groups is 1. The van der Waals surface area contributed by atoms with Gasteiger partial charge in [0.15, 0.2) is 0 Å². The van der Waals surface area contributed by atoms with Crippen molar-refractivity contribution in [3.05, 3.63) is 10.5 Å². The van der Waals surface area contributed by atoms with Gasteiger partial charge < -0.3 is 0 Å². The molecule has 80 valence electrons. The van der Waals surface area contributed by atoms with Gasteiger partial charge in [-0.05, 0) is 34.6 Å². The molecule has 0 aromatic rings. The van der Waals surface area contributed by atoms with Gasteiger partial charge in [-0.3, -0.25) is 4.79 Å². The number of carbonyl (C=O) groups excluding carboxylic acids is 1. The molecular formula is C9H15NO3S. The molecule has 0 aliphatic carbocycles. The fourth-order valence-electron chi connectivity index (χ4n) is 1.41. The van der Waals surface area contributed by atoms with E-state index in [0.29, 0.717) is 5.57 Å². The number of hydrogen-bond donors (Lipinski definition) is 0. The second-order valence-corrected chi connectivity index (χ2v) is 6.35. The molecule has 0 N–H and O–H groups in total. The summed E-state index contributed by atoms with van der Waals surface area (Å²) in [5.41, 5.74) is -0.380. The molecule has 1 aliphatic heterocycles. The zero-order valence-corrected chi connectivity index (χ0v) is 9.90. The molecule has 0 unspecified atom stereocenters. The van der Waals surface area contributed by atoms with Crippen LogP contribution in [0.1, 0.15) is 34.6 Å². The summed E-state index contributed by atoms with van der Waals surface area (Å²) in [6.07, 6.45) is 0. The van der Waals surface area contributed by atoms with Crippen molar-refractivity contribution < 1.29 is 13.2 Å². The minimum absolute atomic E-state index is 0.164. The van der Waals surface area contributed by atoms with Crippen LogP contribution in [-0.2, 0) is 14.8 Å². The highest BCUT2D eigenvalue weighted by atomic mass is 32.2. The third-order valence-corrected chi connectivity index (χ3v) is 4.54. The molecule has 0 atom stereocenters. The van der Waals surface area contributed by atoms with Crippen molar-refractivity contribution >= 4 is 15.9 Å². The van der Waals surface area contributed by atoms with Gasteiger partial charge in [-0.2, -0.15) is 0 Å². The first-order valence-corrected chi connectivity index (χ1v) is 5.81. The largest absolute Gasteiger partial charge is 0.268 e. The van der Waals surface area contributed by atoms with Crippen molar-refractivity contribution in [2.24, 2.45) is 0 Å². The van der Waals surface area contributed by atoms with E-state index in [0.717, 1.165) is 4.31 Å². The second kappa shape index (κ2) is 2.82. The zero-order valence-electron chi connectivity index (χ0n) is 9.08. The summed E-state index contributed by atoms with van der Waals surface area (Å²) in [5.74, 6) is -0.407. The molecule has 1 aliphatic rings. The topological polar surface area (TPSA) is 54.5 Å². The first kappa shape index (κ1) is 11.2. The van der Waals surface area contributed by atoms with Crippen LogP contribution >= 0.6 is 0 Å². The highest BCUT2D eigenvalue weighted by Crippen LogP contribution is 2.33. The number of hydrogen-bond acceptors (Lipinski definition) is 3. The zero-order chi connectivity index (χ0) is 11.3. The molecule has 0 saturated carbocycles. The van der Waals surface area contributed by atoms with Crippen LogP contribution in [0.25, 0.3) is 0 Å². The van der Waals surface area contributed by atoms with E-state index in [-0.39, 0.29) is 4.91 Å². The maximum absolute atomic E-state index is 11.8. The van der Waals surface area contributed by atoms with Crippen LogP contribution in [0.15, 0.2) is 10.5 Å². The maximum Gasteiger partial charge on any atom is 0.264 e. The highest BCUT2D eigenvalue weighted by molar-refractivity contribution is 7.94. The monoisotopic (exact) mass is 217 g/mol. The fraction of sp³-hybridized carbons (Fsp3) is 0.667. The van der Waals surface area contributed by atoms with Crippen LogP contribution in [0, 0.1) is 0 Å². The molecule has 0 bridgehead atoms. The van der Waals surface area contributed by atoms with Gasteiger partial charge >= 0.3 is 0 Å². The second-order valence-electron chi connectivity index (χ2n) is 4.43. The predicted molar refractivity (Wildman–Crippen MR) is 53.9 cm³/mol. The van der Waals surface area contributed by atoms with Crippen LogP contribution in [-0.4, -0.2) is 24.2 Å². The molecule has 14 heavy (non-hydrogen) atoms. The van der Waals surface area contributed by atoms with Gasteiger partial charge in [0, 0.05) is 5.57 Å². The van der Waals surface area contributed by atoms with Crippen molar-refractivity contribution in [1.29, 1.82) is 0 Å². The number of allylic oxidation sites excluding steroid dienone is 1. The molecule has 0 aromatic carbocycles. The molecule has 0 radical (unpaired) electrons. The standard InChI is InChI=1S/C9H15NO3S/c1-6-7(2)14(12,13)10(8(6)11)9(3,4)5/h1-5H3. The third kappa shape index (κ3) is 1.35. The lowest BCUT2D eigenvalue weighted by Crippen LogP contribution is -2.45.